The summed E-state index contributed by atoms with van der Waals surface area (Å²) in [5, 5.41) is 10.1. The average Bonchev–Trinajstić information content (AvgIpc) is 2.84. The highest BCUT2D eigenvalue weighted by Crippen LogP contribution is 2.27. The molecule has 0 unspecified atom stereocenters. The Balaban J connectivity index is 1.54. The third-order valence-electron chi connectivity index (χ3n) is 5.54. The van der Waals surface area contributed by atoms with Crippen LogP contribution in [-0.4, -0.2) is 35.2 Å². The van der Waals surface area contributed by atoms with Crippen LogP contribution >= 0.6 is 0 Å². The van der Waals surface area contributed by atoms with Crippen LogP contribution in [0.15, 0.2) is 48.5 Å². The third-order valence-corrected chi connectivity index (χ3v) is 5.54. The van der Waals surface area contributed by atoms with Gasteiger partial charge in [0.15, 0.2) is 0 Å². The van der Waals surface area contributed by atoms with Gasteiger partial charge in [0.25, 0.3) is 0 Å². The van der Waals surface area contributed by atoms with Gasteiger partial charge in [-0.05, 0) is 42.7 Å². The van der Waals surface area contributed by atoms with Crippen LogP contribution in [0.4, 0.5) is 23.5 Å². The summed E-state index contributed by atoms with van der Waals surface area (Å²) in [5.74, 6) is 3.09. The molecule has 0 bridgehead atoms. The van der Waals surface area contributed by atoms with Crippen LogP contribution in [0, 0.1) is 0 Å². The molecule has 1 saturated carbocycles. The lowest BCUT2D eigenvalue weighted by Crippen LogP contribution is -2.24. The number of anilines is 4. The zero-order valence-electron chi connectivity index (χ0n) is 18.6. The van der Waals surface area contributed by atoms with Crippen molar-refractivity contribution in [2.45, 2.75) is 44.7 Å². The molecule has 1 aliphatic rings. The molecule has 3 aromatic rings. The lowest BCUT2D eigenvalue weighted by atomic mass is 9.96. The molecule has 2 aromatic carbocycles. The number of methoxy groups -OCH3 is 2. The van der Waals surface area contributed by atoms with Gasteiger partial charge < -0.3 is 25.4 Å². The normalized spacial score (nSPS) is 13.9. The Labute approximate surface area is 188 Å². The van der Waals surface area contributed by atoms with Crippen LogP contribution in [-0.2, 0) is 6.54 Å². The molecule has 32 heavy (non-hydrogen) atoms. The second kappa shape index (κ2) is 10.7. The summed E-state index contributed by atoms with van der Waals surface area (Å²) in [4.78, 5) is 13.8. The molecule has 1 fully saturated rings. The topological polar surface area (TPSA) is 93.2 Å². The van der Waals surface area contributed by atoms with E-state index in [9.17, 15) is 0 Å². The maximum atomic E-state index is 5.45. The van der Waals surface area contributed by atoms with Crippen LogP contribution in [0.2, 0.25) is 0 Å². The Bertz CT molecular complexity index is 1010. The number of rotatable bonds is 9. The van der Waals surface area contributed by atoms with E-state index in [0.717, 1.165) is 35.6 Å². The van der Waals surface area contributed by atoms with Crippen LogP contribution in [0.25, 0.3) is 0 Å². The molecule has 3 N–H and O–H groups in total. The minimum absolute atomic E-state index is 0.389. The quantitative estimate of drug-likeness (QED) is 0.434. The summed E-state index contributed by atoms with van der Waals surface area (Å²) in [7, 11) is 3.31. The Morgan fingerprint density at radius 1 is 0.812 bits per heavy atom. The Morgan fingerprint density at radius 3 is 2.28 bits per heavy atom. The summed E-state index contributed by atoms with van der Waals surface area (Å²) in [6, 6.07) is 16.0. The van der Waals surface area contributed by atoms with Gasteiger partial charge in [0.05, 0.1) is 19.9 Å². The van der Waals surface area contributed by atoms with E-state index in [1.165, 1.54) is 19.3 Å². The first kappa shape index (κ1) is 21.7. The predicted octanol–water partition coefficient (Wildman–Crippen LogP) is 4.99. The molecule has 1 aromatic heterocycles. The summed E-state index contributed by atoms with van der Waals surface area (Å²) < 4.78 is 10.7. The van der Waals surface area contributed by atoms with Gasteiger partial charge in [0.1, 0.15) is 11.5 Å². The van der Waals surface area contributed by atoms with Gasteiger partial charge in [0, 0.05) is 12.6 Å². The fourth-order valence-corrected chi connectivity index (χ4v) is 3.80. The van der Waals surface area contributed by atoms with Crippen molar-refractivity contribution in [3.8, 4) is 11.5 Å². The Kier molecular flexibility index (Phi) is 7.22. The summed E-state index contributed by atoms with van der Waals surface area (Å²) >= 11 is 0. The van der Waals surface area contributed by atoms with Crippen molar-refractivity contribution in [3.63, 3.8) is 0 Å². The summed E-state index contributed by atoms with van der Waals surface area (Å²) in [6.07, 6.45) is 6.03. The van der Waals surface area contributed by atoms with Crippen molar-refractivity contribution in [1.29, 1.82) is 0 Å². The molecule has 1 aliphatic carbocycles. The number of hydrogen-bond donors (Lipinski definition) is 3. The number of benzene rings is 2. The first-order valence-corrected chi connectivity index (χ1v) is 11.0. The molecule has 0 saturated heterocycles. The fourth-order valence-electron chi connectivity index (χ4n) is 3.80. The number of aromatic nitrogens is 3. The van der Waals surface area contributed by atoms with Gasteiger partial charge in [-0.25, -0.2) is 0 Å². The summed E-state index contributed by atoms with van der Waals surface area (Å²) in [5.41, 5.74) is 1.90. The lowest BCUT2D eigenvalue weighted by molar-refractivity contribution is 0.414. The highest BCUT2D eigenvalue weighted by molar-refractivity contribution is 5.63. The van der Waals surface area contributed by atoms with E-state index < -0.39 is 0 Å². The van der Waals surface area contributed by atoms with Crippen LogP contribution < -0.4 is 25.4 Å². The monoisotopic (exact) mass is 434 g/mol. The van der Waals surface area contributed by atoms with E-state index in [4.69, 9.17) is 9.47 Å². The predicted molar refractivity (Wildman–Crippen MR) is 127 cm³/mol. The third kappa shape index (κ3) is 5.78. The van der Waals surface area contributed by atoms with Crippen molar-refractivity contribution < 1.29 is 9.47 Å². The van der Waals surface area contributed by atoms with E-state index in [1.807, 2.05) is 48.5 Å². The second-order valence-electron chi connectivity index (χ2n) is 7.81. The van der Waals surface area contributed by atoms with Gasteiger partial charge >= 0.3 is 0 Å². The molecule has 0 atom stereocenters. The van der Waals surface area contributed by atoms with E-state index in [-0.39, 0.29) is 0 Å². The van der Waals surface area contributed by atoms with Crippen molar-refractivity contribution >= 4 is 23.5 Å². The van der Waals surface area contributed by atoms with Crippen molar-refractivity contribution in [3.05, 3.63) is 54.1 Å². The number of nitrogens with one attached hydrogen (secondary N) is 3. The minimum atomic E-state index is 0.389. The maximum absolute atomic E-state index is 5.45. The number of para-hydroxylation sites is 2. The molecular weight excluding hydrogens is 404 g/mol. The average molecular weight is 435 g/mol. The van der Waals surface area contributed by atoms with Crippen molar-refractivity contribution in [2.24, 2.45) is 0 Å². The Morgan fingerprint density at radius 2 is 1.53 bits per heavy atom. The van der Waals surface area contributed by atoms with Crippen LogP contribution in [0.1, 0.15) is 37.7 Å². The molecule has 0 spiro atoms. The van der Waals surface area contributed by atoms with E-state index in [2.05, 4.69) is 30.9 Å². The van der Waals surface area contributed by atoms with Gasteiger partial charge in [-0.3, -0.25) is 0 Å². The highest BCUT2D eigenvalue weighted by Gasteiger charge is 2.16. The first-order valence-electron chi connectivity index (χ1n) is 11.0. The van der Waals surface area contributed by atoms with Gasteiger partial charge in [-0.15, -0.1) is 0 Å². The van der Waals surface area contributed by atoms with Crippen molar-refractivity contribution in [1.82, 2.24) is 15.0 Å². The lowest BCUT2D eigenvalue weighted by Gasteiger charge is -2.23. The van der Waals surface area contributed by atoms with Gasteiger partial charge in [0.2, 0.25) is 17.8 Å². The highest BCUT2D eigenvalue weighted by atomic mass is 16.5. The number of ether oxygens (including phenoxy) is 2. The molecule has 8 heteroatoms. The second-order valence-corrected chi connectivity index (χ2v) is 7.81. The van der Waals surface area contributed by atoms with Crippen molar-refractivity contribution in [2.75, 3.05) is 30.2 Å². The first-order chi connectivity index (χ1) is 15.7. The van der Waals surface area contributed by atoms with E-state index in [1.54, 1.807) is 14.2 Å². The zero-order chi connectivity index (χ0) is 22.2. The molecule has 0 aliphatic heterocycles. The smallest absolute Gasteiger partial charge is 0.233 e. The van der Waals surface area contributed by atoms with Crippen LogP contribution in [0.3, 0.4) is 0 Å². The molecule has 1 heterocycles. The Hall–Kier alpha value is -3.55. The maximum Gasteiger partial charge on any atom is 0.233 e. The SMILES string of the molecule is COc1ccc(CNc2nc(Nc3ccccc3OC)nc(NC3CCCCC3)n2)cc1. The zero-order valence-corrected chi connectivity index (χ0v) is 18.6. The van der Waals surface area contributed by atoms with Crippen LogP contribution in [0.5, 0.6) is 11.5 Å². The summed E-state index contributed by atoms with van der Waals surface area (Å²) in [6.45, 7) is 0.588. The van der Waals surface area contributed by atoms with E-state index >= 15 is 0 Å². The number of nitrogens with zero attached hydrogens (tertiary/aromatic N) is 3. The van der Waals surface area contributed by atoms with Gasteiger partial charge in [-0.2, -0.15) is 15.0 Å². The van der Waals surface area contributed by atoms with E-state index in [0.29, 0.717) is 30.4 Å². The molecule has 0 amide bonds. The molecule has 168 valence electrons. The molecule has 0 radical (unpaired) electrons. The fraction of sp³-hybridized carbons (Fsp3) is 0.375. The standard InChI is InChI=1S/C24H30N6O2/c1-31-19-14-12-17(13-15-19)16-25-22-28-23(26-18-8-4-3-5-9-18)30-24(29-22)27-20-10-6-7-11-21(20)32-2/h6-7,10-15,18H,3-5,8-9,16H2,1-2H3,(H3,25,26,27,28,29,30). The minimum Gasteiger partial charge on any atom is -0.497 e. The molecule has 8 nitrogen and oxygen atoms in total. The largest absolute Gasteiger partial charge is 0.497 e. The molecular formula is C24H30N6O2. The molecule has 4 rings (SSSR count). The number of hydrogen-bond acceptors (Lipinski definition) is 8. The van der Waals surface area contributed by atoms with Gasteiger partial charge in [-0.1, -0.05) is 43.5 Å².